The van der Waals surface area contributed by atoms with Gasteiger partial charge < -0.3 is 14.4 Å². The summed E-state index contributed by atoms with van der Waals surface area (Å²) in [6.45, 7) is 1.51. The Hall–Kier alpha value is -0.530. The molecule has 1 aliphatic rings. The number of hydrogen-bond donors (Lipinski definition) is 0. The van der Waals surface area contributed by atoms with E-state index in [9.17, 15) is 9.59 Å². The standard InChI is InChI=1S/C10H13NO3S3/c1-6(12)3-4-8(15)11-7(9(13)14-2)5-17-10(11)16/h7H,3-5H2,1-2H3. The van der Waals surface area contributed by atoms with Gasteiger partial charge in [0.05, 0.1) is 12.1 Å². The van der Waals surface area contributed by atoms with E-state index >= 15 is 0 Å². The minimum Gasteiger partial charge on any atom is -0.467 e. The Morgan fingerprint density at radius 2 is 2.18 bits per heavy atom. The Morgan fingerprint density at radius 3 is 2.71 bits per heavy atom. The summed E-state index contributed by atoms with van der Waals surface area (Å²) in [5, 5.41) is 0. The van der Waals surface area contributed by atoms with Crippen molar-refractivity contribution >= 4 is 57.3 Å². The van der Waals surface area contributed by atoms with Crippen molar-refractivity contribution < 1.29 is 14.3 Å². The summed E-state index contributed by atoms with van der Waals surface area (Å²) < 4.78 is 5.29. The molecule has 1 fully saturated rings. The molecule has 1 heterocycles. The van der Waals surface area contributed by atoms with E-state index in [0.29, 0.717) is 27.9 Å². The third-order valence-electron chi connectivity index (χ3n) is 2.31. The molecule has 0 aromatic carbocycles. The smallest absolute Gasteiger partial charge is 0.329 e. The van der Waals surface area contributed by atoms with E-state index in [1.165, 1.54) is 25.8 Å². The van der Waals surface area contributed by atoms with Crippen molar-refractivity contribution in [3.8, 4) is 0 Å². The minimum absolute atomic E-state index is 0.0692. The molecule has 7 heteroatoms. The number of ketones is 1. The van der Waals surface area contributed by atoms with Gasteiger partial charge in [-0.2, -0.15) is 0 Å². The zero-order valence-corrected chi connectivity index (χ0v) is 12.0. The number of Topliss-reactive ketones (excluding diaryl/α,β-unsaturated/α-hetero) is 1. The molecular weight excluding hydrogens is 278 g/mol. The first kappa shape index (κ1) is 14.5. The van der Waals surface area contributed by atoms with E-state index < -0.39 is 6.04 Å². The molecule has 1 rings (SSSR count). The highest BCUT2D eigenvalue weighted by molar-refractivity contribution is 8.23. The maximum Gasteiger partial charge on any atom is 0.329 e. The lowest BCUT2D eigenvalue weighted by Gasteiger charge is -2.23. The van der Waals surface area contributed by atoms with Gasteiger partial charge in [-0.1, -0.05) is 36.2 Å². The molecule has 0 aromatic rings. The van der Waals surface area contributed by atoms with Crippen LogP contribution in [0.1, 0.15) is 19.8 Å². The second kappa shape index (κ2) is 6.42. The Morgan fingerprint density at radius 1 is 1.53 bits per heavy atom. The summed E-state index contributed by atoms with van der Waals surface area (Å²) in [4.78, 5) is 24.6. The number of carbonyl (C=O) groups excluding carboxylic acids is 2. The largest absolute Gasteiger partial charge is 0.467 e. The first-order valence-electron chi connectivity index (χ1n) is 5.03. The SMILES string of the molecule is COC(=O)C1CSC(=S)N1C(=S)CCC(C)=O. The molecule has 17 heavy (non-hydrogen) atoms. The van der Waals surface area contributed by atoms with Crippen molar-refractivity contribution in [1.82, 2.24) is 4.90 Å². The molecule has 1 atom stereocenters. The highest BCUT2D eigenvalue weighted by Crippen LogP contribution is 2.26. The van der Waals surface area contributed by atoms with Crippen LogP contribution in [0.2, 0.25) is 0 Å². The number of hydrogen-bond acceptors (Lipinski definition) is 6. The molecule has 0 aliphatic carbocycles. The van der Waals surface area contributed by atoms with Crippen LogP contribution in [-0.2, 0) is 14.3 Å². The van der Waals surface area contributed by atoms with Gasteiger partial charge in [0, 0.05) is 18.6 Å². The Balaban J connectivity index is 2.70. The highest BCUT2D eigenvalue weighted by Gasteiger charge is 2.37. The number of carbonyl (C=O) groups is 2. The van der Waals surface area contributed by atoms with Crippen LogP contribution >= 0.6 is 36.2 Å². The van der Waals surface area contributed by atoms with Crippen LogP contribution < -0.4 is 0 Å². The van der Waals surface area contributed by atoms with Crippen molar-refractivity contribution in [3.63, 3.8) is 0 Å². The summed E-state index contributed by atoms with van der Waals surface area (Å²) in [5.41, 5.74) is 0. The van der Waals surface area contributed by atoms with Crippen LogP contribution in [0.15, 0.2) is 0 Å². The molecule has 0 spiro atoms. The third kappa shape index (κ3) is 3.72. The monoisotopic (exact) mass is 291 g/mol. The van der Waals surface area contributed by atoms with Crippen LogP contribution in [0.4, 0.5) is 0 Å². The number of esters is 1. The van der Waals surface area contributed by atoms with E-state index in [1.54, 1.807) is 4.90 Å². The van der Waals surface area contributed by atoms with Crippen molar-refractivity contribution in [3.05, 3.63) is 0 Å². The van der Waals surface area contributed by atoms with E-state index in [1.807, 2.05) is 0 Å². The van der Waals surface area contributed by atoms with Gasteiger partial charge in [0.15, 0.2) is 0 Å². The molecule has 4 nitrogen and oxygen atoms in total. The maximum absolute atomic E-state index is 11.5. The van der Waals surface area contributed by atoms with Gasteiger partial charge in [0.25, 0.3) is 0 Å². The summed E-state index contributed by atoms with van der Waals surface area (Å²) in [7, 11) is 1.34. The van der Waals surface area contributed by atoms with Crippen molar-refractivity contribution in [1.29, 1.82) is 0 Å². The first-order valence-corrected chi connectivity index (χ1v) is 6.83. The lowest BCUT2D eigenvalue weighted by Crippen LogP contribution is -2.43. The number of ether oxygens (including phenoxy) is 1. The Bertz CT molecular complexity index is 370. The van der Waals surface area contributed by atoms with E-state index in [0.717, 1.165) is 0 Å². The van der Waals surface area contributed by atoms with E-state index in [2.05, 4.69) is 0 Å². The highest BCUT2D eigenvalue weighted by atomic mass is 32.2. The van der Waals surface area contributed by atoms with Crippen molar-refractivity contribution in [2.45, 2.75) is 25.8 Å². The van der Waals surface area contributed by atoms with Gasteiger partial charge in [0.2, 0.25) is 0 Å². The van der Waals surface area contributed by atoms with E-state index in [4.69, 9.17) is 29.2 Å². The predicted octanol–water partition coefficient (Wildman–Crippen LogP) is 1.56. The number of rotatable bonds is 4. The summed E-state index contributed by atoms with van der Waals surface area (Å²) in [6.07, 6.45) is 0.815. The number of thiocarbonyl (C=S) groups is 2. The van der Waals surface area contributed by atoms with Crippen LogP contribution in [-0.4, -0.2) is 44.9 Å². The van der Waals surface area contributed by atoms with Gasteiger partial charge in [0.1, 0.15) is 16.1 Å². The fraction of sp³-hybridized carbons (Fsp3) is 0.600. The number of methoxy groups -OCH3 is 1. The van der Waals surface area contributed by atoms with Crippen molar-refractivity contribution in [2.75, 3.05) is 12.9 Å². The van der Waals surface area contributed by atoms with Gasteiger partial charge in [-0.05, 0) is 6.92 Å². The molecule has 0 radical (unpaired) electrons. The zero-order chi connectivity index (χ0) is 13.0. The average Bonchev–Trinajstić information content (AvgIpc) is 2.67. The first-order chi connectivity index (χ1) is 7.97. The van der Waals surface area contributed by atoms with Crippen molar-refractivity contribution in [2.24, 2.45) is 0 Å². The second-order valence-electron chi connectivity index (χ2n) is 3.58. The molecule has 0 amide bonds. The van der Waals surface area contributed by atoms with Crippen LogP contribution in [0, 0.1) is 0 Å². The third-order valence-corrected chi connectivity index (χ3v) is 4.18. The summed E-state index contributed by atoms with van der Waals surface area (Å²) >= 11 is 11.8. The van der Waals surface area contributed by atoms with Gasteiger partial charge in [-0.15, -0.1) is 0 Å². The minimum atomic E-state index is -0.447. The molecule has 1 saturated heterocycles. The molecule has 0 aromatic heterocycles. The maximum atomic E-state index is 11.5. The van der Waals surface area contributed by atoms with E-state index in [-0.39, 0.29) is 11.8 Å². The van der Waals surface area contributed by atoms with Gasteiger partial charge >= 0.3 is 5.97 Å². The van der Waals surface area contributed by atoms with Crippen LogP contribution in [0.5, 0.6) is 0 Å². The number of thioether (sulfide) groups is 1. The molecule has 0 N–H and O–H groups in total. The normalized spacial score (nSPS) is 19.3. The molecule has 1 unspecified atom stereocenters. The van der Waals surface area contributed by atoms with Crippen LogP contribution in [0.25, 0.3) is 0 Å². The summed E-state index contributed by atoms with van der Waals surface area (Å²) in [5.74, 6) is 0.272. The molecule has 0 bridgehead atoms. The van der Waals surface area contributed by atoms with Gasteiger partial charge in [-0.3, -0.25) is 0 Å². The lowest BCUT2D eigenvalue weighted by molar-refractivity contribution is -0.143. The number of nitrogens with zero attached hydrogens (tertiary/aromatic N) is 1. The Kier molecular flexibility index (Phi) is 5.48. The molecule has 94 valence electrons. The predicted molar refractivity (Wildman–Crippen MR) is 75.2 cm³/mol. The second-order valence-corrected chi connectivity index (χ2v) is 5.71. The molecule has 1 aliphatic heterocycles. The average molecular weight is 291 g/mol. The molecular formula is C10H13NO3S3. The lowest BCUT2D eigenvalue weighted by atomic mass is 10.2. The quantitative estimate of drug-likeness (QED) is 0.575. The Labute approximate surface area is 115 Å². The zero-order valence-electron chi connectivity index (χ0n) is 9.60. The summed E-state index contributed by atoms with van der Waals surface area (Å²) in [6, 6.07) is -0.447. The topological polar surface area (TPSA) is 46.6 Å². The molecule has 0 saturated carbocycles. The fourth-order valence-corrected chi connectivity index (χ4v) is 3.25. The van der Waals surface area contributed by atoms with Gasteiger partial charge in [-0.25, -0.2) is 4.79 Å². The van der Waals surface area contributed by atoms with Crippen LogP contribution in [0.3, 0.4) is 0 Å². The fourth-order valence-electron chi connectivity index (χ4n) is 1.41.